The molecule has 114 valence electrons. The number of rotatable bonds is 5. The zero-order chi connectivity index (χ0) is 16.3. The highest BCUT2D eigenvalue weighted by molar-refractivity contribution is 7.92. The Balaban J connectivity index is 2.29. The summed E-state index contributed by atoms with van der Waals surface area (Å²) in [6.07, 6.45) is 0. The van der Waals surface area contributed by atoms with Crippen LogP contribution in [0, 0.1) is 10.1 Å². The number of anilines is 1. The highest BCUT2D eigenvalue weighted by Crippen LogP contribution is 2.20. The minimum absolute atomic E-state index is 0.205. The van der Waals surface area contributed by atoms with E-state index in [0.717, 1.165) is 6.07 Å². The third-order valence-corrected chi connectivity index (χ3v) is 4.14. The Morgan fingerprint density at radius 1 is 1.14 bits per heavy atom. The summed E-state index contributed by atoms with van der Waals surface area (Å²) in [7, 11) is -3.97. The van der Waals surface area contributed by atoms with Gasteiger partial charge in [0.2, 0.25) is 5.91 Å². The molecule has 1 amide bonds. The molecule has 0 aliphatic heterocycles. The van der Waals surface area contributed by atoms with E-state index >= 15 is 0 Å². The summed E-state index contributed by atoms with van der Waals surface area (Å²) in [5, 5.41) is 10.7. The number of hydrogen-bond acceptors (Lipinski definition) is 5. The van der Waals surface area contributed by atoms with Crippen molar-refractivity contribution in [2.24, 2.45) is 5.73 Å². The zero-order valence-corrected chi connectivity index (χ0v) is 11.9. The van der Waals surface area contributed by atoms with Crippen molar-refractivity contribution in [2.45, 2.75) is 4.90 Å². The molecule has 0 atom stereocenters. The number of carbonyl (C=O) groups is 1. The van der Waals surface area contributed by atoms with Crippen LogP contribution in [-0.2, 0) is 10.0 Å². The van der Waals surface area contributed by atoms with Crippen LogP contribution in [0.5, 0.6) is 0 Å². The third kappa shape index (κ3) is 3.38. The van der Waals surface area contributed by atoms with Crippen molar-refractivity contribution in [2.75, 3.05) is 4.72 Å². The molecule has 0 aliphatic carbocycles. The van der Waals surface area contributed by atoms with Crippen LogP contribution >= 0.6 is 0 Å². The average Bonchev–Trinajstić information content (AvgIpc) is 2.47. The maximum absolute atomic E-state index is 12.2. The van der Waals surface area contributed by atoms with E-state index in [-0.39, 0.29) is 21.8 Å². The first-order valence-corrected chi connectivity index (χ1v) is 7.45. The van der Waals surface area contributed by atoms with Crippen LogP contribution in [-0.4, -0.2) is 19.2 Å². The Kier molecular flexibility index (Phi) is 4.08. The average molecular weight is 321 g/mol. The number of carbonyl (C=O) groups excluding carboxylic acids is 1. The summed E-state index contributed by atoms with van der Waals surface area (Å²) >= 11 is 0. The molecule has 8 nitrogen and oxygen atoms in total. The lowest BCUT2D eigenvalue weighted by atomic mass is 10.2. The number of nitrogens with zero attached hydrogens (tertiary/aromatic N) is 1. The number of amides is 1. The molecule has 2 aromatic carbocycles. The standard InChI is InChI=1S/C13H11N3O5S/c14-13(17)9-4-6-10(7-5-9)15-22(20,21)12-3-1-2-11(8-12)16(18)19/h1-8,15H,(H2,14,17). The van der Waals surface area contributed by atoms with E-state index in [0.29, 0.717) is 0 Å². The van der Waals surface area contributed by atoms with Crippen molar-refractivity contribution < 1.29 is 18.1 Å². The summed E-state index contributed by atoms with van der Waals surface area (Å²) in [5.41, 5.74) is 5.20. The van der Waals surface area contributed by atoms with Gasteiger partial charge >= 0.3 is 0 Å². The van der Waals surface area contributed by atoms with Gasteiger partial charge in [0.15, 0.2) is 0 Å². The molecule has 0 aromatic heterocycles. The number of sulfonamides is 1. The number of nitro benzene ring substituents is 1. The fourth-order valence-corrected chi connectivity index (χ4v) is 2.78. The zero-order valence-electron chi connectivity index (χ0n) is 11.1. The van der Waals surface area contributed by atoms with E-state index in [9.17, 15) is 23.3 Å². The number of benzene rings is 2. The molecule has 0 fully saturated rings. The maximum atomic E-state index is 12.2. The topological polar surface area (TPSA) is 132 Å². The minimum Gasteiger partial charge on any atom is -0.366 e. The molecule has 0 spiro atoms. The summed E-state index contributed by atoms with van der Waals surface area (Å²) in [6, 6.07) is 10.2. The van der Waals surface area contributed by atoms with Gasteiger partial charge in [0.1, 0.15) is 0 Å². The molecule has 2 aromatic rings. The monoisotopic (exact) mass is 321 g/mol. The maximum Gasteiger partial charge on any atom is 0.270 e. The second-order valence-electron chi connectivity index (χ2n) is 4.30. The van der Waals surface area contributed by atoms with E-state index in [1.54, 1.807) is 0 Å². The lowest BCUT2D eigenvalue weighted by molar-refractivity contribution is -0.385. The van der Waals surface area contributed by atoms with Crippen molar-refractivity contribution in [3.63, 3.8) is 0 Å². The van der Waals surface area contributed by atoms with E-state index in [1.165, 1.54) is 42.5 Å². The third-order valence-electron chi connectivity index (χ3n) is 2.76. The Hall–Kier alpha value is -2.94. The first-order valence-electron chi connectivity index (χ1n) is 5.97. The molecule has 0 bridgehead atoms. The molecule has 22 heavy (non-hydrogen) atoms. The number of primary amides is 1. The van der Waals surface area contributed by atoms with Gasteiger partial charge in [-0.25, -0.2) is 8.42 Å². The smallest absolute Gasteiger partial charge is 0.270 e. The quantitative estimate of drug-likeness (QED) is 0.636. The number of non-ortho nitro benzene ring substituents is 1. The molecule has 2 rings (SSSR count). The molecule has 9 heteroatoms. The molecular formula is C13H11N3O5S. The molecule has 0 heterocycles. The van der Waals surface area contributed by atoms with Crippen molar-refractivity contribution in [3.05, 3.63) is 64.2 Å². The molecule has 0 saturated carbocycles. The van der Waals surface area contributed by atoms with Crippen LogP contribution in [0.3, 0.4) is 0 Å². The first kappa shape index (κ1) is 15.4. The molecule has 3 N–H and O–H groups in total. The number of hydrogen-bond donors (Lipinski definition) is 2. The lowest BCUT2D eigenvalue weighted by Crippen LogP contribution is -2.14. The Bertz CT molecular complexity index is 831. The second kappa shape index (κ2) is 5.82. The van der Waals surface area contributed by atoms with Gasteiger partial charge in [0, 0.05) is 23.4 Å². The van der Waals surface area contributed by atoms with E-state index in [4.69, 9.17) is 5.73 Å². The molecule has 0 saturated heterocycles. The van der Waals surface area contributed by atoms with Crippen molar-refractivity contribution in [1.29, 1.82) is 0 Å². The second-order valence-corrected chi connectivity index (χ2v) is 5.98. The van der Waals surface area contributed by atoms with Crippen molar-refractivity contribution in [3.8, 4) is 0 Å². The molecule has 0 aliphatic rings. The van der Waals surface area contributed by atoms with E-state index in [1.807, 2.05) is 0 Å². The highest BCUT2D eigenvalue weighted by Gasteiger charge is 2.17. The van der Waals surface area contributed by atoms with Crippen molar-refractivity contribution in [1.82, 2.24) is 0 Å². The van der Waals surface area contributed by atoms with Gasteiger partial charge in [0.05, 0.1) is 9.82 Å². The van der Waals surface area contributed by atoms with Gasteiger partial charge < -0.3 is 5.73 Å². The normalized spacial score (nSPS) is 10.9. The van der Waals surface area contributed by atoms with Gasteiger partial charge in [-0.2, -0.15) is 0 Å². The van der Waals surface area contributed by atoms with Crippen LogP contribution in [0.15, 0.2) is 53.4 Å². The van der Waals surface area contributed by atoms with Crippen LogP contribution < -0.4 is 10.5 Å². The van der Waals surface area contributed by atoms with Crippen LogP contribution in [0.1, 0.15) is 10.4 Å². The summed E-state index contributed by atoms with van der Waals surface area (Å²) in [5.74, 6) is -0.631. The van der Waals surface area contributed by atoms with Gasteiger partial charge in [0.25, 0.3) is 15.7 Å². The molecular weight excluding hydrogens is 310 g/mol. The van der Waals surface area contributed by atoms with Crippen LogP contribution in [0.25, 0.3) is 0 Å². The number of nitrogens with one attached hydrogen (secondary N) is 1. The largest absolute Gasteiger partial charge is 0.366 e. The van der Waals surface area contributed by atoms with E-state index < -0.39 is 20.9 Å². The van der Waals surface area contributed by atoms with Gasteiger partial charge in [-0.1, -0.05) is 6.07 Å². The van der Waals surface area contributed by atoms with Gasteiger partial charge in [-0.3, -0.25) is 19.6 Å². The Morgan fingerprint density at radius 2 is 1.77 bits per heavy atom. The van der Waals surface area contributed by atoms with Crippen LogP contribution in [0.2, 0.25) is 0 Å². The first-order chi connectivity index (χ1) is 10.3. The summed E-state index contributed by atoms with van der Waals surface area (Å²) < 4.78 is 26.6. The minimum atomic E-state index is -3.97. The molecule has 0 unspecified atom stereocenters. The summed E-state index contributed by atoms with van der Waals surface area (Å²) in [6.45, 7) is 0. The number of nitro groups is 1. The Morgan fingerprint density at radius 3 is 2.32 bits per heavy atom. The van der Waals surface area contributed by atoms with E-state index in [2.05, 4.69) is 4.72 Å². The van der Waals surface area contributed by atoms with Crippen LogP contribution in [0.4, 0.5) is 11.4 Å². The highest BCUT2D eigenvalue weighted by atomic mass is 32.2. The fraction of sp³-hybridized carbons (Fsp3) is 0. The lowest BCUT2D eigenvalue weighted by Gasteiger charge is -2.08. The predicted molar refractivity (Wildman–Crippen MR) is 78.9 cm³/mol. The molecule has 0 radical (unpaired) electrons. The van der Waals surface area contributed by atoms with Gasteiger partial charge in [-0.15, -0.1) is 0 Å². The number of nitrogens with two attached hydrogens (primary N) is 1. The van der Waals surface area contributed by atoms with Gasteiger partial charge in [-0.05, 0) is 30.3 Å². The predicted octanol–water partition coefficient (Wildman–Crippen LogP) is 1.49. The van der Waals surface area contributed by atoms with Crippen molar-refractivity contribution >= 4 is 27.3 Å². The fourth-order valence-electron chi connectivity index (χ4n) is 1.68. The Labute approximate surface area is 125 Å². The summed E-state index contributed by atoms with van der Waals surface area (Å²) in [4.78, 5) is 20.7. The SMILES string of the molecule is NC(=O)c1ccc(NS(=O)(=O)c2cccc([N+](=O)[O-])c2)cc1.